The van der Waals surface area contributed by atoms with Gasteiger partial charge in [0.15, 0.2) is 0 Å². The van der Waals surface area contributed by atoms with Crippen molar-refractivity contribution in [1.82, 2.24) is 0 Å². The second-order valence-electron chi connectivity index (χ2n) is 3.82. The number of nitriles is 1. The Hall–Kier alpha value is -1.98. The minimum absolute atomic E-state index is 0.0708. The second-order valence-corrected chi connectivity index (χ2v) is 4.25. The third kappa shape index (κ3) is 4.90. The largest absolute Gasteiger partial charge is 0.399 e. The van der Waals surface area contributed by atoms with Gasteiger partial charge in [-0.3, -0.25) is 0 Å². The molecule has 0 fully saturated rings. The minimum Gasteiger partial charge on any atom is -0.399 e. The maximum atomic E-state index is 8.59. The van der Waals surface area contributed by atoms with Gasteiger partial charge in [0.2, 0.25) is 0 Å². The first kappa shape index (κ1) is 14.1. The van der Waals surface area contributed by atoms with Crippen LogP contribution in [0.3, 0.4) is 0 Å². The van der Waals surface area contributed by atoms with Gasteiger partial charge in [0.25, 0.3) is 0 Å². The molecule has 2 rings (SSSR count). The van der Waals surface area contributed by atoms with E-state index in [9.17, 15) is 0 Å². The molecule has 1 unspecified atom stereocenters. The Labute approximate surface area is 113 Å². The first-order valence-electron chi connectivity index (χ1n) is 5.59. The van der Waals surface area contributed by atoms with Crippen LogP contribution in [0.4, 0.5) is 5.69 Å². The van der Waals surface area contributed by atoms with Crippen molar-refractivity contribution < 1.29 is 0 Å². The van der Waals surface area contributed by atoms with Crippen LogP contribution in [0.15, 0.2) is 54.6 Å². The number of hydrogen-bond acceptors (Lipinski definition) is 2. The fraction of sp³-hybridized carbons (Fsp3) is 0.133. The standard InChI is InChI=1S/C9H10N2.C6H5Cl/c1-7(6-10)8-3-2-4-9(11)5-8;7-6-4-2-1-3-5-6/h2-5,7H,11H2,1H3;1-5H. The van der Waals surface area contributed by atoms with Crippen LogP contribution in [-0.2, 0) is 0 Å². The lowest BCUT2D eigenvalue weighted by atomic mass is 10.0. The molecule has 2 aromatic rings. The van der Waals surface area contributed by atoms with Crippen LogP contribution in [0.5, 0.6) is 0 Å². The normalized spacial score (nSPS) is 10.7. The fourth-order valence-corrected chi connectivity index (χ4v) is 1.46. The summed E-state index contributed by atoms with van der Waals surface area (Å²) in [6, 6.07) is 19.0. The van der Waals surface area contributed by atoms with Gasteiger partial charge in [-0.05, 0) is 36.8 Å². The minimum atomic E-state index is -0.0708. The maximum Gasteiger partial charge on any atom is 0.0700 e. The fourth-order valence-electron chi connectivity index (χ4n) is 1.32. The van der Waals surface area contributed by atoms with Crippen LogP contribution < -0.4 is 5.73 Å². The molecule has 0 aliphatic rings. The van der Waals surface area contributed by atoms with E-state index in [0.29, 0.717) is 5.69 Å². The van der Waals surface area contributed by atoms with E-state index in [1.54, 1.807) is 0 Å². The van der Waals surface area contributed by atoms with Gasteiger partial charge in [-0.1, -0.05) is 41.9 Å². The maximum absolute atomic E-state index is 8.59. The highest BCUT2D eigenvalue weighted by atomic mass is 35.5. The Morgan fingerprint density at radius 3 is 2.22 bits per heavy atom. The smallest absolute Gasteiger partial charge is 0.0700 e. The van der Waals surface area contributed by atoms with Gasteiger partial charge >= 0.3 is 0 Å². The highest BCUT2D eigenvalue weighted by Crippen LogP contribution is 2.16. The molecule has 92 valence electrons. The van der Waals surface area contributed by atoms with E-state index in [1.807, 2.05) is 61.5 Å². The molecule has 0 spiro atoms. The number of nitrogens with two attached hydrogens (primary N) is 1. The summed E-state index contributed by atoms with van der Waals surface area (Å²) in [5.74, 6) is -0.0708. The quantitative estimate of drug-likeness (QED) is 0.778. The van der Waals surface area contributed by atoms with E-state index in [0.717, 1.165) is 10.6 Å². The van der Waals surface area contributed by atoms with E-state index in [1.165, 1.54) is 0 Å². The van der Waals surface area contributed by atoms with Crippen molar-refractivity contribution in [2.24, 2.45) is 0 Å². The van der Waals surface area contributed by atoms with Gasteiger partial charge in [-0.2, -0.15) is 5.26 Å². The Balaban J connectivity index is 0.000000199. The average molecular weight is 259 g/mol. The van der Waals surface area contributed by atoms with Gasteiger partial charge < -0.3 is 5.73 Å². The second kappa shape index (κ2) is 7.37. The Morgan fingerprint density at radius 1 is 1.11 bits per heavy atom. The van der Waals surface area contributed by atoms with Crippen molar-refractivity contribution >= 4 is 17.3 Å². The van der Waals surface area contributed by atoms with Crippen molar-refractivity contribution in [3.05, 3.63) is 65.2 Å². The number of hydrogen-bond donors (Lipinski definition) is 1. The van der Waals surface area contributed by atoms with Crippen LogP contribution in [0.2, 0.25) is 5.02 Å². The summed E-state index contributed by atoms with van der Waals surface area (Å²) in [5, 5.41) is 9.38. The van der Waals surface area contributed by atoms with Crippen molar-refractivity contribution in [2.45, 2.75) is 12.8 Å². The number of halogens is 1. The summed E-state index contributed by atoms with van der Waals surface area (Å²) in [5.41, 5.74) is 7.23. The zero-order valence-electron chi connectivity index (χ0n) is 10.2. The third-order valence-electron chi connectivity index (χ3n) is 2.34. The summed E-state index contributed by atoms with van der Waals surface area (Å²) in [6.07, 6.45) is 0. The van der Waals surface area contributed by atoms with Crippen LogP contribution in [0.25, 0.3) is 0 Å². The van der Waals surface area contributed by atoms with Gasteiger partial charge in [0, 0.05) is 10.7 Å². The molecule has 0 bridgehead atoms. The Morgan fingerprint density at radius 2 is 1.78 bits per heavy atom. The Bertz CT molecular complexity index is 518. The van der Waals surface area contributed by atoms with Gasteiger partial charge in [-0.25, -0.2) is 0 Å². The predicted molar refractivity (Wildman–Crippen MR) is 76.3 cm³/mol. The molecule has 1 atom stereocenters. The van der Waals surface area contributed by atoms with Gasteiger partial charge in [0.05, 0.1) is 12.0 Å². The number of anilines is 1. The molecule has 0 aromatic heterocycles. The topological polar surface area (TPSA) is 49.8 Å². The molecule has 0 aliphatic heterocycles. The molecular weight excluding hydrogens is 244 g/mol. The summed E-state index contributed by atoms with van der Waals surface area (Å²) in [4.78, 5) is 0. The summed E-state index contributed by atoms with van der Waals surface area (Å²) < 4.78 is 0. The molecule has 2 N–H and O–H groups in total. The van der Waals surface area contributed by atoms with Crippen molar-refractivity contribution in [2.75, 3.05) is 5.73 Å². The third-order valence-corrected chi connectivity index (χ3v) is 2.59. The zero-order valence-corrected chi connectivity index (χ0v) is 10.9. The number of nitrogens with zero attached hydrogens (tertiary/aromatic N) is 1. The molecule has 0 saturated carbocycles. The van der Waals surface area contributed by atoms with E-state index in [2.05, 4.69) is 6.07 Å². The van der Waals surface area contributed by atoms with E-state index in [-0.39, 0.29) is 5.92 Å². The number of rotatable bonds is 1. The molecule has 0 radical (unpaired) electrons. The molecule has 0 amide bonds. The molecule has 0 heterocycles. The van der Waals surface area contributed by atoms with E-state index >= 15 is 0 Å². The highest BCUT2D eigenvalue weighted by Gasteiger charge is 2.01. The molecule has 0 aliphatic carbocycles. The van der Waals surface area contributed by atoms with Crippen LogP contribution in [0.1, 0.15) is 18.4 Å². The lowest BCUT2D eigenvalue weighted by molar-refractivity contribution is 0.983. The monoisotopic (exact) mass is 258 g/mol. The average Bonchev–Trinajstić information content (AvgIpc) is 2.39. The lowest BCUT2D eigenvalue weighted by Crippen LogP contribution is -1.91. The summed E-state index contributed by atoms with van der Waals surface area (Å²) in [7, 11) is 0. The van der Waals surface area contributed by atoms with Gasteiger partial charge in [-0.15, -0.1) is 0 Å². The molecule has 2 aromatic carbocycles. The molecule has 18 heavy (non-hydrogen) atoms. The van der Waals surface area contributed by atoms with Gasteiger partial charge in [0.1, 0.15) is 0 Å². The Kier molecular flexibility index (Phi) is 5.76. The van der Waals surface area contributed by atoms with Crippen LogP contribution in [0, 0.1) is 11.3 Å². The van der Waals surface area contributed by atoms with Crippen molar-refractivity contribution in [3.63, 3.8) is 0 Å². The van der Waals surface area contributed by atoms with Crippen LogP contribution in [-0.4, -0.2) is 0 Å². The number of nitrogen functional groups attached to an aromatic ring is 1. The van der Waals surface area contributed by atoms with Crippen molar-refractivity contribution in [1.29, 1.82) is 5.26 Å². The predicted octanol–water partition coefficient (Wildman–Crippen LogP) is 4.24. The van der Waals surface area contributed by atoms with Crippen molar-refractivity contribution in [3.8, 4) is 6.07 Å². The van der Waals surface area contributed by atoms with E-state index < -0.39 is 0 Å². The van der Waals surface area contributed by atoms with Crippen LogP contribution >= 0.6 is 11.6 Å². The first-order chi connectivity index (χ1) is 8.63. The molecule has 3 heteroatoms. The summed E-state index contributed by atoms with van der Waals surface area (Å²) in [6.45, 7) is 1.86. The zero-order chi connectivity index (χ0) is 13.4. The van der Waals surface area contributed by atoms with E-state index in [4.69, 9.17) is 22.6 Å². The lowest BCUT2D eigenvalue weighted by Gasteiger charge is -2.02. The first-order valence-corrected chi connectivity index (χ1v) is 5.97. The molecule has 0 saturated heterocycles. The highest BCUT2D eigenvalue weighted by molar-refractivity contribution is 6.30. The number of benzene rings is 2. The SMILES string of the molecule is CC(C#N)c1cccc(N)c1.Clc1ccccc1. The molecular formula is C15H15ClN2. The molecule has 2 nitrogen and oxygen atoms in total. The summed E-state index contributed by atoms with van der Waals surface area (Å²) >= 11 is 5.54.